The average Bonchev–Trinajstić information content (AvgIpc) is 2.65. The third kappa shape index (κ3) is 2.85. The number of benzene rings is 1. The predicted molar refractivity (Wildman–Crippen MR) is 78.3 cm³/mol. The van der Waals surface area contributed by atoms with Crippen molar-refractivity contribution in [1.29, 1.82) is 0 Å². The maximum Gasteiger partial charge on any atom is 0.0959 e. The first kappa shape index (κ1) is 13.1. The van der Waals surface area contributed by atoms with Gasteiger partial charge in [0, 0.05) is 13.1 Å². The summed E-state index contributed by atoms with van der Waals surface area (Å²) in [5.74, 6) is 0. The van der Waals surface area contributed by atoms with Gasteiger partial charge in [-0.25, -0.2) is 0 Å². The number of hydrogen-bond acceptors (Lipinski definition) is 2. The van der Waals surface area contributed by atoms with Gasteiger partial charge in [-0.15, -0.1) is 0 Å². The van der Waals surface area contributed by atoms with E-state index in [4.69, 9.17) is 4.74 Å². The number of rotatable bonds is 1. The summed E-state index contributed by atoms with van der Waals surface area (Å²) in [5.41, 5.74) is 2.81. The first-order valence-electron chi connectivity index (χ1n) is 7.73. The van der Waals surface area contributed by atoms with E-state index in [0.29, 0.717) is 0 Å². The van der Waals surface area contributed by atoms with Gasteiger partial charge in [0.2, 0.25) is 0 Å². The molecule has 1 aliphatic carbocycles. The highest BCUT2D eigenvalue weighted by molar-refractivity contribution is 5.28. The topological polar surface area (TPSA) is 21.3 Å². The van der Waals surface area contributed by atoms with E-state index < -0.39 is 0 Å². The molecule has 1 aromatic carbocycles. The van der Waals surface area contributed by atoms with Gasteiger partial charge in [0.1, 0.15) is 0 Å². The third-order valence-corrected chi connectivity index (χ3v) is 4.72. The van der Waals surface area contributed by atoms with Crippen LogP contribution in [0.4, 0.5) is 0 Å². The second-order valence-electron chi connectivity index (χ2n) is 6.19. The van der Waals surface area contributed by atoms with Crippen LogP contribution in [0, 0.1) is 6.92 Å². The van der Waals surface area contributed by atoms with Gasteiger partial charge in [0.05, 0.1) is 11.7 Å². The van der Waals surface area contributed by atoms with Gasteiger partial charge in [0.25, 0.3) is 0 Å². The van der Waals surface area contributed by atoms with Gasteiger partial charge in [-0.3, -0.25) is 0 Å². The predicted octanol–water partition coefficient (Wildman–Crippen LogP) is 3.75. The van der Waals surface area contributed by atoms with Crippen molar-refractivity contribution in [3.8, 4) is 0 Å². The zero-order chi connectivity index (χ0) is 13.1. The Morgan fingerprint density at radius 3 is 2.58 bits per heavy atom. The first-order chi connectivity index (χ1) is 9.29. The van der Waals surface area contributed by atoms with Crippen LogP contribution in [-0.4, -0.2) is 18.7 Å². The van der Waals surface area contributed by atoms with E-state index >= 15 is 0 Å². The van der Waals surface area contributed by atoms with E-state index in [1.165, 1.54) is 49.7 Å². The normalized spacial score (nSPS) is 27.1. The summed E-state index contributed by atoms with van der Waals surface area (Å²) in [7, 11) is 0. The average molecular weight is 259 g/mol. The first-order valence-corrected chi connectivity index (χ1v) is 7.73. The Hall–Kier alpha value is -0.860. The van der Waals surface area contributed by atoms with Crippen molar-refractivity contribution in [3.05, 3.63) is 35.4 Å². The number of aryl methyl sites for hydroxylation is 1. The molecule has 1 atom stereocenters. The van der Waals surface area contributed by atoms with Crippen molar-refractivity contribution in [3.63, 3.8) is 0 Å². The second kappa shape index (κ2) is 5.64. The summed E-state index contributed by atoms with van der Waals surface area (Å²) in [4.78, 5) is 0. The van der Waals surface area contributed by atoms with Gasteiger partial charge in [-0.1, -0.05) is 49.9 Å². The van der Waals surface area contributed by atoms with Crippen LogP contribution in [0.1, 0.15) is 55.8 Å². The molecule has 19 heavy (non-hydrogen) atoms. The Morgan fingerprint density at radius 2 is 1.84 bits per heavy atom. The van der Waals surface area contributed by atoms with Gasteiger partial charge in [-0.05, 0) is 30.9 Å². The van der Waals surface area contributed by atoms with E-state index in [1.807, 2.05) is 0 Å². The zero-order valence-electron chi connectivity index (χ0n) is 12.0. The molecule has 1 N–H and O–H groups in total. The van der Waals surface area contributed by atoms with Crippen LogP contribution in [0.25, 0.3) is 0 Å². The molecule has 1 aromatic rings. The molecule has 2 heteroatoms. The molecule has 1 spiro atoms. The van der Waals surface area contributed by atoms with Crippen molar-refractivity contribution < 1.29 is 4.74 Å². The summed E-state index contributed by atoms with van der Waals surface area (Å²) in [6.45, 7) is 4.18. The summed E-state index contributed by atoms with van der Waals surface area (Å²) in [5, 5.41) is 3.62. The van der Waals surface area contributed by atoms with Crippen LogP contribution in [-0.2, 0) is 4.74 Å². The second-order valence-corrected chi connectivity index (χ2v) is 6.19. The van der Waals surface area contributed by atoms with Gasteiger partial charge >= 0.3 is 0 Å². The van der Waals surface area contributed by atoms with Crippen molar-refractivity contribution in [2.45, 2.75) is 57.2 Å². The minimum atomic E-state index is 0.0989. The fourth-order valence-electron chi connectivity index (χ4n) is 3.61. The minimum absolute atomic E-state index is 0.0989. The maximum absolute atomic E-state index is 6.60. The molecule has 2 fully saturated rings. The molecule has 0 bridgehead atoms. The third-order valence-electron chi connectivity index (χ3n) is 4.72. The van der Waals surface area contributed by atoms with E-state index in [2.05, 4.69) is 36.5 Å². The molecule has 1 saturated carbocycles. The zero-order valence-corrected chi connectivity index (χ0v) is 12.0. The van der Waals surface area contributed by atoms with Crippen LogP contribution in [0.5, 0.6) is 0 Å². The lowest BCUT2D eigenvalue weighted by Crippen LogP contribution is -2.50. The molecule has 1 saturated heterocycles. The van der Waals surface area contributed by atoms with E-state index in [-0.39, 0.29) is 11.7 Å². The van der Waals surface area contributed by atoms with Crippen molar-refractivity contribution in [1.82, 2.24) is 5.32 Å². The number of hydrogen-bond donors (Lipinski definition) is 1. The van der Waals surface area contributed by atoms with E-state index in [1.54, 1.807) is 0 Å². The standard InChI is InChI=1S/C17H25NO/c1-14-8-4-5-9-15(14)16-12-18-13-17(19-16)10-6-2-3-7-11-17/h4-5,8-9,16,18H,2-3,6-7,10-13H2,1H3. The molecular formula is C17H25NO. The lowest BCUT2D eigenvalue weighted by atomic mass is 9.90. The molecule has 104 valence electrons. The van der Waals surface area contributed by atoms with Crippen molar-refractivity contribution in [2.24, 2.45) is 0 Å². The fourth-order valence-corrected chi connectivity index (χ4v) is 3.61. The lowest BCUT2D eigenvalue weighted by Gasteiger charge is -2.42. The summed E-state index contributed by atoms with van der Waals surface area (Å²) >= 11 is 0. The lowest BCUT2D eigenvalue weighted by molar-refractivity contribution is -0.126. The quantitative estimate of drug-likeness (QED) is 0.829. The molecule has 1 heterocycles. The largest absolute Gasteiger partial charge is 0.364 e. The number of nitrogens with one attached hydrogen (secondary N) is 1. The fraction of sp³-hybridized carbons (Fsp3) is 0.647. The van der Waals surface area contributed by atoms with Crippen LogP contribution in [0.2, 0.25) is 0 Å². The van der Waals surface area contributed by atoms with Gasteiger partial charge in [-0.2, -0.15) is 0 Å². The summed E-state index contributed by atoms with van der Waals surface area (Å²) in [6, 6.07) is 8.64. The smallest absolute Gasteiger partial charge is 0.0959 e. The SMILES string of the molecule is Cc1ccccc1C1CNCC2(CCCCCC2)O1. The van der Waals surface area contributed by atoms with Crippen LogP contribution >= 0.6 is 0 Å². The van der Waals surface area contributed by atoms with Crippen molar-refractivity contribution >= 4 is 0 Å². The molecule has 3 rings (SSSR count). The molecule has 2 nitrogen and oxygen atoms in total. The minimum Gasteiger partial charge on any atom is -0.364 e. The highest BCUT2D eigenvalue weighted by Gasteiger charge is 2.38. The molecule has 1 unspecified atom stereocenters. The Bertz CT molecular complexity index is 421. The van der Waals surface area contributed by atoms with E-state index in [0.717, 1.165) is 13.1 Å². The molecule has 2 aliphatic rings. The molecule has 1 aliphatic heterocycles. The Kier molecular flexibility index (Phi) is 3.90. The van der Waals surface area contributed by atoms with Crippen LogP contribution in [0.3, 0.4) is 0 Å². The van der Waals surface area contributed by atoms with Gasteiger partial charge < -0.3 is 10.1 Å². The van der Waals surface area contributed by atoms with Crippen molar-refractivity contribution in [2.75, 3.05) is 13.1 Å². The maximum atomic E-state index is 6.60. The monoisotopic (exact) mass is 259 g/mol. The van der Waals surface area contributed by atoms with E-state index in [9.17, 15) is 0 Å². The molecule has 0 aromatic heterocycles. The highest BCUT2D eigenvalue weighted by atomic mass is 16.5. The van der Waals surface area contributed by atoms with Crippen LogP contribution in [0.15, 0.2) is 24.3 Å². The summed E-state index contributed by atoms with van der Waals surface area (Å²) in [6.07, 6.45) is 8.07. The molecule has 0 radical (unpaired) electrons. The summed E-state index contributed by atoms with van der Waals surface area (Å²) < 4.78 is 6.60. The van der Waals surface area contributed by atoms with Gasteiger partial charge in [0.15, 0.2) is 0 Å². The Morgan fingerprint density at radius 1 is 1.11 bits per heavy atom. The highest BCUT2D eigenvalue weighted by Crippen LogP contribution is 2.37. The number of ether oxygens (including phenoxy) is 1. The molecule has 0 amide bonds. The Labute approximate surface area is 116 Å². The number of morpholine rings is 1. The van der Waals surface area contributed by atoms with Crippen LogP contribution < -0.4 is 5.32 Å². The molecular weight excluding hydrogens is 234 g/mol. The Balaban J connectivity index is 1.79.